The molecule has 0 saturated heterocycles. The Morgan fingerprint density at radius 3 is 1.97 bits per heavy atom. The van der Waals surface area contributed by atoms with Gasteiger partial charge in [-0.1, -0.05) is 42.5 Å². The summed E-state index contributed by atoms with van der Waals surface area (Å²) in [5.41, 5.74) is 3.07. The van der Waals surface area contributed by atoms with Gasteiger partial charge in [-0.2, -0.15) is 0 Å². The third-order valence-electron chi connectivity index (χ3n) is 5.17. The average Bonchev–Trinajstić information content (AvgIpc) is 3.45. The fourth-order valence-electron chi connectivity index (χ4n) is 3.38. The molecule has 0 aliphatic carbocycles. The van der Waals surface area contributed by atoms with Gasteiger partial charge < -0.3 is 9.73 Å². The zero-order valence-corrected chi connectivity index (χ0v) is 19.5. The van der Waals surface area contributed by atoms with E-state index in [-0.39, 0.29) is 5.89 Å². The molecule has 5 rings (SSSR count). The Labute approximate surface area is 212 Å². The van der Waals surface area contributed by atoms with Crippen LogP contribution in [0.2, 0.25) is 0 Å². The Balaban J connectivity index is 1.41. The first-order valence-corrected chi connectivity index (χ1v) is 11.4. The molecule has 0 spiro atoms. The summed E-state index contributed by atoms with van der Waals surface area (Å²) in [4.78, 5) is 30.5. The van der Waals surface area contributed by atoms with E-state index in [1.165, 1.54) is 12.4 Å². The van der Waals surface area contributed by atoms with Crippen LogP contribution >= 0.6 is 0 Å². The monoisotopic (exact) mass is 487 g/mol. The van der Waals surface area contributed by atoms with Crippen LogP contribution in [0.4, 0.5) is 5.69 Å². The Bertz CT molecular complexity index is 1470. The molecule has 1 N–H and O–H groups in total. The third kappa shape index (κ3) is 6.04. The van der Waals surface area contributed by atoms with Crippen molar-refractivity contribution in [2.45, 2.75) is 6.17 Å². The predicted octanol–water partition coefficient (Wildman–Crippen LogP) is 4.70. The lowest BCUT2D eigenvalue weighted by molar-refractivity contribution is -0.117. The van der Waals surface area contributed by atoms with E-state index in [0.29, 0.717) is 28.5 Å². The summed E-state index contributed by atoms with van der Waals surface area (Å²) >= 11 is 0. The lowest BCUT2D eigenvalue weighted by Gasteiger charge is -2.11. The topological polar surface area (TPSA) is 119 Å². The molecule has 0 bridgehead atoms. The van der Waals surface area contributed by atoms with Crippen molar-refractivity contribution in [2.24, 2.45) is 9.98 Å². The molecule has 37 heavy (non-hydrogen) atoms. The van der Waals surface area contributed by atoms with Crippen molar-refractivity contribution < 1.29 is 9.21 Å². The van der Waals surface area contributed by atoms with Gasteiger partial charge in [0.2, 0.25) is 17.9 Å². The zero-order valence-electron chi connectivity index (χ0n) is 19.5. The van der Waals surface area contributed by atoms with Crippen LogP contribution in [0.3, 0.4) is 0 Å². The maximum atomic E-state index is 13.3. The highest BCUT2D eigenvalue weighted by atomic mass is 16.4. The van der Waals surface area contributed by atoms with Crippen molar-refractivity contribution in [3.8, 4) is 22.9 Å². The van der Waals surface area contributed by atoms with Crippen LogP contribution in [-0.2, 0) is 4.79 Å². The van der Waals surface area contributed by atoms with Crippen LogP contribution in [0.1, 0.15) is 11.4 Å². The molecule has 180 valence electrons. The number of hydrogen-bond donors (Lipinski definition) is 1. The number of pyridine rings is 2. The van der Waals surface area contributed by atoms with Crippen LogP contribution in [-0.4, -0.2) is 44.7 Å². The maximum Gasteiger partial charge on any atom is 0.271 e. The number of nitrogens with one attached hydrogen (secondary N) is 1. The zero-order chi connectivity index (χ0) is 25.3. The summed E-state index contributed by atoms with van der Waals surface area (Å²) in [6.07, 6.45) is 5.24. The minimum absolute atomic E-state index is 0.278. The highest BCUT2D eigenvalue weighted by molar-refractivity contribution is 5.99. The Hall–Kier alpha value is -5.31. The van der Waals surface area contributed by atoms with Crippen molar-refractivity contribution in [3.63, 3.8) is 0 Å². The van der Waals surface area contributed by atoms with E-state index in [4.69, 9.17) is 4.42 Å². The van der Waals surface area contributed by atoms with E-state index in [1.807, 2.05) is 48.5 Å². The quantitative estimate of drug-likeness (QED) is 0.317. The molecule has 0 radical (unpaired) electrons. The summed E-state index contributed by atoms with van der Waals surface area (Å²) in [5.74, 6) is 0.212. The molecule has 0 aliphatic rings. The number of aromatic nitrogens is 4. The number of aliphatic imine (C=N–C) groups is 2. The van der Waals surface area contributed by atoms with Crippen molar-refractivity contribution >= 4 is 24.0 Å². The number of hydrogen-bond acceptors (Lipinski definition) is 8. The Morgan fingerprint density at radius 2 is 1.32 bits per heavy atom. The molecular formula is C28H21N7O2. The number of carbonyl (C=O) groups is 1. The molecular weight excluding hydrogens is 466 g/mol. The van der Waals surface area contributed by atoms with Gasteiger partial charge in [0.05, 0.1) is 35.1 Å². The van der Waals surface area contributed by atoms with Crippen LogP contribution in [0.15, 0.2) is 118 Å². The van der Waals surface area contributed by atoms with E-state index in [0.717, 1.165) is 5.56 Å². The molecule has 5 aromatic rings. The smallest absolute Gasteiger partial charge is 0.271 e. The molecule has 3 aromatic heterocycles. The van der Waals surface area contributed by atoms with Gasteiger partial charge in [-0.3, -0.25) is 24.7 Å². The van der Waals surface area contributed by atoms with Gasteiger partial charge in [0, 0.05) is 18.0 Å². The Kier molecular flexibility index (Phi) is 7.23. The van der Waals surface area contributed by atoms with Crippen molar-refractivity contribution in [1.82, 2.24) is 20.2 Å². The number of anilines is 1. The molecule has 9 nitrogen and oxygen atoms in total. The molecule has 0 aliphatic heterocycles. The molecule has 1 amide bonds. The summed E-state index contributed by atoms with van der Waals surface area (Å²) in [7, 11) is 0. The average molecular weight is 488 g/mol. The van der Waals surface area contributed by atoms with E-state index >= 15 is 0 Å². The van der Waals surface area contributed by atoms with Crippen molar-refractivity contribution in [3.05, 3.63) is 115 Å². The summed E-state index contributed by atoms with van der Waals surface area (Å²) in [6.45, 7) is 0. The predicted molar refractivity (Wildman–Crippen MR) is 141 cm³/mol. The van der Waals surface area contributed by atoms with Gasteiger partial charge in [0.25, 0.3) is 5.91 Å². The van der Waals surface area contributed by atoms with Crippen LogP contribution < -0.4 is 5.32 Å². The Morgan fingerprint density at radius 1 is 0.730 bits per heavy atom. The van der Waals surface area contributed by atoms with Crippen LogP contribution in [0.5, 0.6) is 0 Å². The first-order valence-electron chi connectivity index (χ1n) is 11.4. The van der Waals surface area contributed by atoms with Gasteiger partial charge in [0.1, 0.15) is 0 Å². The number of amides is 1. The molecule has 0 atom stereocenters. The van der Waals surface area contributed by atoms with Gasteiger partial charge in [-0.15, -0.1) is 10.2 Å². The minimum atomic E-state index is -1.08. The second-order valence-electron chi connectivity index (χ2n) is 7.75. The van der Waals surface area contributed by atoms with Crippen molar-refractivity contribution in [1.29, 1.82) is 0 Å². The number of carbonyl (C=O) groups excluding carboxylic acids is 1. The van der Waals surface area contributed by atoms with E-state index in [1.54, 1.807) is 54.9 Å². The third-order valence-corrected chi connectivity index (χ3v) is 5.17. The fourth-order valence-corrected chi connectivity index (χ4v) is 3.38. The van der Waals surface area contributed by atoms with E-state index < -0.39 is 12.1 Å². The second kappa shape index (κ2) is 11.4. The molecule has 0 fully saturated rings. The maximum absolute atomic E-state index is 13.3. The first kappa shape index (κ1) is 23.4. The molecule has 9 heteroatoms. The summed E-state index contributed by atoms with van der Waals surface area (Å²) in [5, 5.41) is 11.2. The van der Waals surface area contributed by atoms with Gasteiger partial charge in [-0.25, -0.2) is 0 Å². The second-order valence-corrected chi connectivity index (χ2v) is 7.75. The van der Waals surface area contributed by atoms with Gasteiger partial charge in [0.15, 0.2) is 0 Å². The SMILES string of the molecule is O=C(Nc1ccccc1-c1nnc(-c2ccccc2)o1)C(/N=C/c1ccccn1)/N=C/c1ccccn1. The summed E-state index contributed by atoms with van der Waals surface area (Å²) < 4.78 is 5.90. The molecule has 0 unspecified atom stereocenters. The first-order chi connectivity index (χ1) is 18.3. The van der Waals surface area contributed by atoms with Gasteiger partial charge in [-0.05, 0) is 48.5 Å². The van der Waals surface area contributed by atoms with Crippen LogP contribution in [0, 0.1) is 0 Å². The normalized spacial score (nSPS) is 11.4. The standard InChI is InChI=1S/C28H21N7O2/c36-26(25(31-18-21-12-6-8-16-29-21)32-19-22-13-7-9-17-30-22)33-24-15-5-4-14-23(24)28-35-34-27(37-28)20-10-2-1-3-11-20/h1-19,25H,(H,33,36)/b31-18+,32-19+. The van der Waals surface area contributed by atoms with Gasteiger partial charge >= 0.3 is 0 Å². The van der Waals surface area contributed by atoms with E-state index in [2.05, 4.69) is 35.5 Å². The number of nitrogens with zero attached hydrogens (tertiary/aromatic N) is 6. The summed E-state index contributed by atoms with van der Waals surface area (Å²) in [6, 6.07) is 27.5. The lowest BCUT2D eigenvalue weighted by atomic mass is 10.1. The molecule has 3 heterocycles. The number of rotatable bonds is 8. The lowest BCUT2D eigenvalue weighted by Crippen LogP contribution is -2.25. The highest BCUT2D eigenvalue weighted by Crippen LogP contribution is 2.29. The van der Waals surface area contributed by atoms with Crippen LogP contribution in [0.25, 0.3) is 22.9 Å². The van der Waals surface area contributed by atoms with Crippen molar-refractivity contribution in [2.75, 3.05) is 5.32 Å². The molecule has 2 aromatic carbocycles. The number of benzene rings is 2. The molecule has 0 saturated carbocycles. The fraction of sp³-hybridized carbons (Fsp3) is 0.0357. The largest absolute Gasteiger partial charge is 0.416 e. The van der Waals surface area contributed by atoms with E-state index in [9.17, 15) is 4.79 Å². The minimum Gasteiger partial charge on any atom is -0.416 e. The highest BCUT2D eigenvalue weighted by Gasteiger charge is 2.19. The number of para-hydroxylation sites is 1.